The predicted octanol–water partition coefficient (Wildman–Crippen LogP) is 2.10. The second-order valence-electron chi connectivity index (χ2n) is 5.01. The topological polar surface area (TPSA) is 33.7 Å². The Hall–Kier alpha value is -1.24. The highest BCUT2D eigenvalue weighted by Gasteiger charge is 2.09. The number of morpholine rings is 1. The van der Waals surface area contributed by atoms with Gasteiger partial charge >= 0.3 is 6.61 Å². The van der Waals surface area contributed by atoms with Crippen molar-refractivity contribution in [3.63, 3.8) is 0 Å². The molecule has 6 heteroatoms. The molecule has 1 saturated heterocycles. The summed E-state index contributed by atoms with van der Waals surface area (Å²) < 4.78 is 33.6. The van der Waals surface area contributed by atoms with E-state index in [0.717, 1.165) is 57.9 Å². The van der Waals surface area contributed by atoms with Gasteiger partial charge in [0, 0.05) is 19.6 Å². The van der Waals surface area contributed by atoms with Gasteiger partial charge in [-0.15, -0.1) is 0 Å². The Morgan fingerprint density at radius 3 is 2.57 bits per heavy atom. The second-order valence-corrected chi connectivity index (χ2v) is 5.01. The first-order chi connectivity index (χ1) is 10.2. The van der Waals surface area contributed by atoms with Crippen molar-refractivity contribution in [1.29, 1.82) is 0 Å². The third-order valence-electron chi connectivity index (χ3n) is 3.41. The average molecular weight is 300 g/mol. The molecule has 2 rings (SSSR count). The minimum absolute atomic E-state index is 0.195. The van der Waals surface area contributed by atoms with Gasteiger partial charge in [0.15, 0.2) is 0 Å². The van der Waals surface area contributed by atoms with Crippen LogP contribution in [0.4, 0.5) is 8.78 Å². The summed E-state index contributed by atoms with van der Waals surface area (Å²) in [6.45, 7) is 3.69. The van der Waals surface area contributed by atoms with Crippen molar-refractivity contribution in [3.05, 3.63) is 29.8 Å². The molecule has 0 spiro atoms. The van der Waals surface area contributed by atoms with Crippen LogP contribution < -0.4 is 10.1 Å². The molecule has 1 aromatic carbocycles. The molecule has 0 atom stereocenters. The number of alkyl halides is 2. The first kappa shape index (κ1) is 16.1. The van der Waals surface area contributed by atoms with Gasteiger partial charge in [0.05, 0.1) is 13.2 Å². The molecule has 118 valence electrons. The summed E-state index contributed by atoms with van der Waals surface area (Å²) in [6.07, 6.45) is 1.09. The minimum Gasteiger partial charge on any atom is -0.435 e. The van der Waals surface area contributed by atoms with Crippen molar-refractivity contribution in [2.75, 3.05) is 39.4 Å². The molecule has 0 aromatic heterocycles. The van der Waals surface area contributed by atoms with Gasteiger partial charge in [0.1, 0.15) is 5.75 Å². The third kappa shape index (κ3) is 6.37. The fraction of sp³-hybridized carbons (Fsp3) is 0.600. The zero-order valence-corrected chi connectivity index (χ0v) is 12.1. The van der Waals surface area contributed by atoms with Crippen LogP contribution in [0.3, 0.4) is 0 Å². The summed E-state index contributed by atoms with van der Waals surface area (Å²) in [7, 11) is 0. The summed E-state index contributed by atoms with van der Waals surface area (Å²) in [5.74, 6) is 0.195. The molecular formula is C15H22F2N2O2. The van der Waals surface area contributed by atoms with E-state index in [2.05, 4.69) is 15.0 Å². The number of benzene rings is 1. The van der Waals surface area contributed by atoms with Crippen LogP contribution in [0.15, 0.2) is 24.3 Å². The number of ether oxygens (including phenoxy) is 2. The number of rotatable bonds is 8. The Balaban J connectivity index is 1.57. The molecule has 0 amide bonds. The minimum atomic E-state index is -2.77. The summed E-state index contributed by atoms with van der Waals surface area (Å²) in [4.78, 5) is 2.40. The Morgan fingerprint density at radius 2 is 1.90 bits per heavy atom. The van der Waals surface area contributed by atoms with Crippen molar-refractivity contribution in [1.82, 2.24) is 10.2 Å². The molecule has 1 aliphatic heterocycles. The highest BCUT2D eigenvalue weighted by atomic mass is 19.3. The summed E-state index contributed by atoms with van der Waals surface area (Å²) in [6, 6.07) is 6.73. The molecule has 0 saturated carbocycles. The smallest absolute Gasteiger partial charge is 0.387 e. The van der Waals surface area contributed by atoms with Crippen molar-refractivity contribution in [3.8, 4) is 5.75 Å². The van der Waals surface area contributed by atoms with Gasteiger partial charge in [-0.2, -0.15) is 8.78 Å². The molecule has 1 fully saturated rings. The van der Waals surface area contributed by atoms with E-state index >= 15 is 0 Å². The fourth-order valence-electron chi connectivity index (χ4n) is 2.27. The van der Waals surface area contributed by atoms with E-state index in [9.17, 15) is 8.78 Å². The van der Waals surface area contributed by atoms with Crippen LogP contribution in [0.25, 0.3) is 0 Å². The van der Waals surface area contributed by atoms with Crippen molar-refractivity contribution < 1.29 is 18.3 Å². The Morgan fingerprint density at radius 1 is 1.19 bits per heavy atom. The Kier molecular flexibility index (Phi) is 6.85. The monoisotopic (exact) mass is 300 g/mol. The number of nitrogens with one attached hydrogen (secondary N) is 1. The predicted molar refractivity (Wildman–Crippen MR) is 76.7 cm³/mol. The van der Waals surface area contributed by atoms with E-state index < -0.39 is 6.61 Å². The number of hydrogen-bond donors (Lipinski definition) is 1. The van der Waals surface area contributed by atoms with Crippen molar-refractivity contribution in [2.45, 2.75) is 19.6 Å². The second kappa shape index (κ2) is 8.92. The molecule has 1 aromatic rings. The van der Waals surface area contributed by atoms with E-state index in [1.165, 1.54) is 0 Å². The first-order valence-corrected chi connectivity index (χ1v) is 7.28. The molecule has 1 N–H and O–H groups in total. The van der Waals surface area contributed by atoms with Crippen molar-refractivity contribution >= 4 is 0 Å². The van der Waals surface area contributed by atoms with Crippen LogP contribution in [0.1, 0.15) is 12.0 Å². The first-order valence-electron chi connectivity index (χ1n) is 7.28. The van der Waals surface area contributed by atoms with Gasteiger partial charge in [-0.1, -0.05) is 12.1 Å². The van der Waals surface area contributed by atoms with E-state index in [0.29, 0.717) is 0 Å². The average Bonchev–Trinajstić information content (AvgIpc) is 2.49. The van der Waals surface area contributed by atoms with Gasteiger partial charge in [-0.25, -0.2) is 0 Å². The lowest BCUT2D eigenvalue weighted by Gasteiger charge is -2.26. The maximum Gasteiger partial charge on any atom is 0.387 e. The lowest BCUT2D eigenvalue weighted by molar-refractivity contribution is -0.0498. The summed E-state index contributed by atoms with van der Waals surface area (Å²) in [5, 5.41) is 3.35. The number of halogens is 2. The SMILES string of the molecule is FC(F)Oc1ccc(CNCCCN2CCOCC2)cc1. The molecule has 21 heavy (non-hydrogen) atoms. The third-order valence-corrected chi connectivity index (χ3v) is 3.41. The quantitative estimate of drug-likeness (QED) is 0.746. The van der Waals surface area contributed by atoms with E-state index in [1.807, 2.05) is 0 Å². The normalized spacial score (nSPS) is 16.3. The molecular weight excluding hydrogens is 278 g/mol. The molecule has 0 bridgehead atoms. The number of nitrogens with zero attached hydrogens (tertiary/aromatic N) is 1. The maximum atomic E-state index is 12.0. The van der Waals surface area contributed by atoms with Gasteiger partial charge in [-0.05, 0) is 37.2 Å². The molecule has 4 nitrogen and oxygen atoms in total. The maximum absolute atomic E-state index is 12.0. The molecule has 1 aliphatic rings. The van der Waals surface area contributed by atoms with Gasteiger partial charge in [-0.3, -0.25) is 4.90 Å². The highest BCUT2D eigenvalue weighted by molar-refractivity contribution is 5.27. The van der Waals surface area contributed by atoms with E-state index in [4.69, 9.17) is 4.74 Å². The zero-order valence-electron chi connectivity index (χ0n) is 12.1. The molecule has 0 aliphatic carbocycles. The number of hydrogen-bond acceptors (Lipinski definition) is 4. The van der Waals surface area contributed by atoms with Crippen LogP contribution in [0, 0.1) is 0 Å². The standard InChI is InChI=1S/C15H22F2N2O2/c16-15(17)21-14-4-2-13(3-5-14)12-18-6-1-7-19-8-10-20-11-9-19/h2-5,15,18H,1,6-12H2. The van der Waals surface area contributed by atoms with Gasteiger partial charge in [0.25, 0.3) is 0 Å². The van der Waals surface area contributed by atoms with E-state index in [-0.39, 0.29) is 5.75 Å². The largest absolute Gasteiger partial charge is 0.435 e. The summed E-state index contributed by atoms with van der Waals surface area (Å²) >= 11 is 0. The van der Waals surface area contributed by atoms with Gasteiger partial charge in [0.2, 0.25) is 0 Å². The van der Waals surface area contributed by atoms with Crippen LogP contribution in [-0.4, -0.2) is 50.9 Å². The van der Waals surface area contributed by atoms with Crippen LogP contribution in [-0.2, 0) is 11.3 Å². The lowest BCUT2D eigenvalue weighted by Crippen LogP contribution is -2.37. The molecule has 1 heterocycles. The van der Waals surface area contributed by atoms with Gasteiger partial charge < -0.3 is 14.8 Å². The Labute approximate surface area is 124 Å². The highest BCUT2D eigenvalue weighted by Crippen LogP contribution is 2.14. The Bertz CT molecular complexity index is 395. The summed E-state index contributed by atoms with van der Waals surface area (Å²) in [5.41, 5.74) is 1.06. The van der Waals surface area contributed by atoms with Crippen LogP contribution in [0.2, 0.25) is 0 Å². The van der Waals surface area contributed by atoms with E-state index in [1.54, 1.807) is 24.3 Å². The van der Waals surface area contributed by atoms with Crippen molar-refractivity contribution in [2.24, 2.45) is 0 Å². The molecule has 0 unspecified atom stereocenters. The van der Waals surface area contributed by atoms with Crippen LogP contribution in [0.5, 0.6) is 5.75 Å². The lowest BCUT2D eigenvalue weighted by atomic mass is 10.2. The van der Waals surface area contributed by atoms with Crippen LogP contribution >= 0.6 is 0 Å². The molecule has 0 radical (unpaired) electrons. The fourth-order valence-corrected chi connectivity index (χ4v) is 2.27. The zero-order chi connectivity index (χ0) is 14.9.